The third-order valence-corrected chi connectivity index (χ3v) is 5.17. The minimum Gasteiger partial charge on any atom is -0.378 e. The van der Waals surface area contributed by atoms with Crippen LogP contribution < -0.4 is 10.5 Å². The molecule has 4 rings (SSSR count). The van der Waals surface area contributed by atoms with Gasteiger partial charge in [-0.2, -0.15) is 0 Å². The summed E-state index contributed by atoms with van der Waals surface area (Å²) in [5, 5.41) is 0.767. The van der Waals surface area contributed by atoms with Gasteiger partial charge in [0.05, 0.1) is 24.5 Å². The van der Waals surface area contributed by atoms with E-state index in [4.69, 9.17) is 21.3 Å². The number of aromatic nitrogens is 2. The first-order valence-electron chi connectivity index (χ1n) is 8.61. The van der Waals surface area contributed by atoms with E-state index in [1.807, 2.05) is 24.3 Å². The van der Waals surface area contributed by atoms with Crippen LogP contribution in [0.1, 0.15) is 16.8 Å². The van der Waals surface area contributed by atoms with Crippen LogP contribution in [0.4, 0.5) is 5.95 Å². The van der Waals surface area contributed by atoms with Gasteiger partial charge in [-0.05, 0) is 11.6 Å². The lowest BCUT2D eigenvalue weighted by atomic mass is 10.1. The van der Waals surface area contributed by atoms with E-state index in [9.17, 15) is 4.79 Å². The molecule has 2 aromatic rings. The number of halogens is 1. The highest BCUT2D eigenvalue weighted by molar-refractivity contribution is 6.31. The number of nitrogens with zero attached hydrogens (tertiary/aromatic N) is 3. The summed E-state index contributed by atoms with van der Waals surface area (Å²) in [6.07, 6.45) is 0.779. The first kappa shape index (κ1) is 16.6. The third-order valence-electron chi connectivity index (χ3n) is 4.80. The molecule has 132 valence electrons. The summed E-state index contributed by atoms with van der Waals surface area (Å²) in [5.74, 6) is 0.673. The molecule has 6 nitrogen and oxygen atoms in total. The predicted molar refractivity (Wildman–Crippen MR) is 97.2 cm³/mol. The number of anilines is 1. The monoisotopic (exact) mass is 360 g/mol. The van der Waals surface area contributed by atoms with Crippen LogP contribution in [0.3, 0.4) is 0 Å². The lowest BCUT2D eigenvalue weighted by molar-refractivity contribution is 0.122. The lowest BCUT2D eigenvalue weighted by Gasteiger charge is -2.30. The Kier molecular flexibility index (Phi) is 4.74. The van der Waals surface area contributed by atoms with Gasteiger partial charge in [0.2, 0.25) is 5.95 Å². The van der Waals surface area contributed by atoms with Crippen molar-refractivity contribution in [3.63, 3.8) is 0 Å². The molecule has 0 bridgehead atoms. The van der Waals surface area contributed by atoms with Crippen LogP contribution >= 0.6 is 11.6 Å². The number of H-pyrrole nitrogens is 1. The zero-order valence-electron chi connectivity index (χ0n) is 14.0. The molecule has 1 saturated heterocycles. The van der Waals surface area contributed by atoms with Crippen molar-refractivity contribution in [1.82, 2.24) is 14.9 Å². The van der Waals surface area contributed by atoms with Gasteiger partial charge >= 0.3 is 0 Å². The molecular formula is C18H21ClN4O2. The first-order chi connectivity index (χ1) is 12.2. The molecule has 3 heterocycles. The largest absolute Gasteiger partial charge is 0.378 e. The van der Waals surface area contributed by atoms with Gasteiger partial charge in [0.25, 0.3) is 5.56 Å². The van der Waals surface area contributed by atoms with Crippen LogP contribution in [-0.4, -0.2) is 47.7 Å². The second-order valence-corrected chi connectivity index (χ2v) is 6.87. The number of morpholine rings is 1. The smallest absolute Gasteiger partial charge is 0.257 e. The number of rotatable bonds is 3. The molecule has 25 heavy (non-hydrogen) atoms. The van der Waals surface area contributed by atoms with E-state index in [1.165, 1.54) is 0 Å². The van der Waals surface area contributed by atoms with E-state index in [-0.39, 0.29) is 5.56 Å². The van der Waals surface area contributed by atoms with Gasteiger partial charge < -0.3 is 9.64 Å². The number of aromatic amines is 1. The molecule has 2 aliphatic heterocycles. The fraction of sp³-hybridized carbons (Fsp3) is 0.444. The highest BCUT2D eigenvalue weighted by Gasteiger charge is 2.23. The van der Waals surface area contributed by atoms with E-state index in [2.05, 4.69) is 14.8 Å². The Hall–Kier alpha value is -1.89. The molecule has 0 atom stereocenters. The van der Waals surface area contributed by atoms with E-state index >= 15 is 0 Å². The highest BCUT2D eigenvalue weighted by Crippen LogP contribution is 2.22. The molecule has 0 saturated carbocycles. The molecule has 0 amide bonds. The van der Waals surface area contributed by atoms with Crippen LogP contribution in [0.2, 0.25) is 5.02 Å². The van der Waals surface area contributed by atoms with Crippen LogP contribution in [0.25, 0.3) is 0 Å². The minimum atomic E-state index is -0.0321. The van der Waals surface area contributed by atoms with Crippen LogP contribution in [0.5, 0.6) is 0 Å². The summed E-state index contributed by atoms with van der Waals surface area (Å²) in [6, 6.07) is 7.85. The van der Waals surface area contributed by atoms with Gasteiger partial charge in [-0.25, -0.2) is 4.98 Å². The van der Waals surface area contributed by atoms with Crippen molar-refractivity contribution < 1.29 is 4.74 Å². The molecule has 1 N–H and O–H groups in total. The van der Waals surface area contributed by atoms with Crippen molar-refractivity contribution in [2.75, 3.05) is 37.7 Å². The van der Waals surface area contributed by atoms with Gasteiger partial charge in [-0.15, -0.1) is 0 Å². The van der Waals surface area contributed by atoms with E-state index in [0.717, 1.165) is 54.4 Å². The van der Waals surface area contributed by atoms with Crippen molar-refractivity contribution in [1.29, 1.82) is 0 Å². The second-order valence-electron chi connectivity index (χ2n) is 6.47. The zero-order chi connectivity index (χ0) is 17.2. The third kappa shape index (κ3) is 3.56. The molecule has 0 aliphatic carbocycles. The van der Waals surface area contributed by atoms with Gasteiger partial charge in [0.15, 0.2) is 0 Å². The average Bonchev–Trinajstić information content (AvgIpc) is 2.65. The number of hydrogen-bond acceptors (Lipinski definition) is 5. The van der Waals surface area contributed by atoms with Crippen LogP contribution in [-0.2, 0) is 24.2 Å². The summed E-state index contributed by atoms with van der Waals surface area (Å²) in [6.45, 7) is 5.09. The Balaban J connectivity index is 1.53. The maximum absolute atomic E-state index is 12.6. The second kappa shape index (κ2) is 7.15. The van der Waals surface area contributed by atoms with Crippen LogP contribution in [0.15, 0.2) is 29.1 Å². The average molecular weight is 361 g/mol. The Bertz CT molecular complexity index is 817. The number of ether oxygens (including phenoxy) is 1. The van der Waals surface area contributed by atoms with Crippen molar-refractivity contribution in [2.24, 2.45) is 0 Å². The molecular weight excluding hydrogens is 340 g/mol. The van der Waals surface area contributed by atoms with Gasteiger partial charge in [0.1, 0.15) is 0 Å². The van der Waals surface area contributed by atoms with Crippen molar-refractivity contribution in [2.45, 2.75) is 19.5 Å². The Morgan fingerprint density at radius 1 is 1.20 bits per heavy atom. The topological polar surface area (TPSA) is 61.5 Å². The van der Waals surface area contributed by atoms with E-state index < -0.39 is 0 Å². The summed E-state index contributed by atoms with van der Waals surface area (Å²) < 4.78 is 5.37. The molecule has 1 aromatic heterocycles. The fourth-order valence-corrected chi connectivity index (χ4v) is 3.59. The SMILES string of the molecule is O=c1[nH]c(N2CCOCC2)nc2c1CN(Cc1ccccc1Cl)CC2. The lowest BCUT2D eigenvalue weighted by Crippen LogP contribution is -2.40. The number of hydrogen-bond donors (Lipinski definition) is 1. The van der Waals surface area contributed by atoms with Crippen molar-refractivity contribution >= 4 is 17.5 Å². The molecule has 0 spiro atoms. The zero-order valence-corrected chi connectivity index (χ0v) is 14.8. The van der Waals surface area contributed by atoms with Gasteiger partial charge in [0, 0.05) is 44.2 Å². The summed E-state index contributed by atoms with van der Waals surface area (Å²) >= 11 is 6.26. The standard InChI is InChI=1S/C18H21ClN4O2/c19-15-4-2-1-3-13(15)11-22-6-5-16-14(12-22)17(24)21-18(20-16)23-7-9-25-10-8-23/h1-4H,5-12H2,(H,20,21,24). The molecule has 1 aromatic carbocycles. The first-order valence-corrected chi connectivity index (χ1v) is 8.99. The molecule has 2 aliphatic rings. The maximum Gasteiger partial charge on any atom is 0.257 e. The highest BCUT2D eigenvalue weighted by atomic mass is 35.5. The van der Waals surface area contributed by atoms with E-state index in [1.54, 1.807) is 0 Å². The maximum atomic E-state index is 12.6. The number of benzene rings is 1. The molecule has 7 heteroatoms. The summed E-state index contributed by atoms with van der Waals surface area (Å²) in [4.78, 5) is 24.6. The van der Waals surface area contributed by atoms with Gasteiger partial charge in [-0.1, -0.05) is 29.8 Å². The Labute approximate surface area is 151 Å². The van der Waals surface area contributed by atoms with Crippen molar-refractivity contribution in [3.8, 4) is 0 Å². The van der Waals surface area contributed by atoms with Crippen molar-refractivity contribution in [3.05, 3.63) is 56.5 Å². The molecule has 0 radical (unpaired) electrons. The molecule has 0 unspecified atom stereocenters. The summed E-state index contributed by atoms with van der Waals surface area (Å²) in [5.41, 5.74) is 2.74. The quantitative estimate of drug-likeness (QED) is 0.904. The number of fused-ring (bicyclic) bond motifs is 1. The van der Waals surface area contributed by atoms with E-state index in [0.29, 0.717) is 25.7 Å². The minimum absolute atomic E-state index is 0.0321. The van der Waals surface area contributed by atoms with Crippen LogP contribution in [0, 0.1) is 0 Å². The normalized spacial score (nSPS) is 18.2. The fourth-order valence-electron chi connectivity index (χ4n) is 3.40. The Morgan fingerprint density at radius 2 is 2.00 bits per heavy atom. The molecule has 1 fully saturated rings. The van der Waals surface area contributed by atoms with Gasteiger partial charge in [-0.3, -0.25) is 14.7 Å². The summed E-state index contributed by atoms with van der Waals surface area (Å²) in [7, 11) is 0. The predicted octanol–water partition coefficient (Wildman–Crippen LogP) is 1.82. The number of nitrogens with one attached hydrogen (secondary N) is 1. The Morgan fingerprint density at radius 3 is 2.80 bits per heavy atom.